The van der Waals surface area contributed by atoms with Crippen LogP contribution < -0.4 is 9.64 Å². The van der Waals surface area contributed by atoms with Crippen molar-refractivity contribution in [3.63, 3.8) is 0 Å². The first-order valence-electron chi connectivity index (χ1n) is 23.2. The molecule has 0 fully saturated rings. The molecule has 11 aromatic rings. The Hall–Kier alpha value is -8.72. The van der Waals surface area contributed by atoms with Crippen molar-refractivity contribution in [1.29, 1.82) is 0 Å². The van der Waals surface area contributed by atoms with Crippen molar-refractivity contribution < 1.29 is 4.74 Å². The maximum absolute atomic E-state index is 6.77. The van der Waals surface area contributed by atoms with Crippen LogP contribution in [0.3, 0.4) is 0 Å². The lowest BCUT2D eigenvalue weighted by Gasteiger charge is -2.36. The predicted molar refractivity (Wildman–Crippen MR) is 277 cm³/mol. The summed E-state index contributed by atoms with van der Waals surface area (Å²) in [5.41, 5.74) is 22.1. The van der Waals surface area contributed by atoms with E-state index in [1.54, 1.807) is 0 Å². The van der Waals surface area contributed by atoms with Crippen molar-refractivity contribution in [2.75, 3.05) is 4.90 Å². The van der Waals surface area contributed by atoms with Gasteiger partial charge in [-0.15, -0.1) is 0 Å². The van der Waals surface area contributed by atoms with Gasteiger partial charge in [0.25, 0.3) is 0 Å². The molecule has 1 unspecified atom stereocenters. The smallest absolute Gasteiger partial charge is 0.135 e. The molecule has 1 atom stereocenters. The number of fused-ring (bicyclic) bond motifs is 18. The molecule has 0 saturated carbocycles. The maximum atomic E-state index is 6.77. The Balaban J connectivity index is 1.04. The average molecular weight is 852 g/mol. The fourth-order valence-electron chi connectivity index (χ4n) is 11.6. The van der Waals surface area contributed by atoms with Crippen LogP contribution in [-0.2, 0) is 5.41 Å². The van der Waals surface area contributed by atoms with E-state index in [0.29, 0.717) is 0 Å². The number of benzene rings is 11. The molecule has 2 nitrogen and oxygen atoms in total. The molecular weight excluding hydrogens is 811 g/mol. The highest BCUT2D eigenvalue weighted by Gasteiger charge is 2.50. The molecule has 0 radical (unpaired) electrons. The molecule has 11 aromatic carbocycles. The fourth-order valence-corrected chi connectivity index (χ4v) is 11.6. The first-order valence-corrected chi connectivity index (χ1v) is 23.2. The standard InChI is InChI=1S/C65H41NO/c1-2-16-42(17-3-1)43-30-32-46(33-31-43)66(48-35-37-64-58(41-48)52-23-9-7-21-50(52)55-26-12-15-29-63(55)67-64)47-34-36-61-57(40-47)51-22-8-6-20-49(51)53-24-10-13-27-59(53)65(61)60-28-14-11-25-54(60)56-38-44-18-4-5-19-45(44)39-62(56)65/h1-41H. The Morgan fingerprint density at radius 3 is 1.39 bits per heavy atom. The number of ether oxygens (including phenoxy) is 1. The zero-order chi connectivity index (χ0) is 44.1. The van der Waals surface area contributed by atoms with E-state index in [4.69, 9.17) is 4.74 Å². The molecule has 1 spiro atoms. The molecule has 0 bridgehead atoms. The summed E-state index contributed by atoms with van der Waals surface area (Å²) in [7, 11) is 0. The normalized spacial score (nSPS) is 14.4. The second-order valence-corrected chi connectivity index (χ2v) is 17.9. The summed E-state index contributed by atoms with van der Waals surface area (Å²) in [6.07, 6.45) is 0. The van der Waals surface area contributed by atoms with Crippen LogP contribution in [0.2, 0.25) is 0 Å². The summed E-state index contributed by atoms with van der Waals surface area (Å²) in [6, 6.07) is 91.6. The van der Waals surface area contributed by atoms with Crippen molar-refractivity contribution in [3.8, 4) is 78.3 Å². The Morgan fingerprint density at radius 2 is 0.687 bits per heavy atom. The van der Waals surface area contributed by atoms with Crippen LogP contribution in [0.5, 0.6) is 11.5 Å². The second-order valence-electron chi connectivity index (χ2n) is 17.9. The molecule has 0 N–H and O–H groups in total. The number of para-hydroxylation sites is 1. The highest BCUT2D eigenvalue weighted by molar-refractivity contribution is 6.02. The van der Waals surface area contributed by atoms with Gasteiger partial charge in [-0.3, -0.25) is 0 Å². The Labute approximate surface area is 390 Å². The minimum Gasteiger partial charge on any atom is -0.456 e. The highest BCUT2D eigenvalue weighted by Crippen LogP contribution is 2.62. The van der Waals surface area contributed by atoms with E-state index in [-0.39, 0.29) is 0 Å². The molecule has 2 aliphatic carbocycles. The first kappa shape index (κ1) is 37.6. The first-order chi connectivity index (χ1) is 33.2. The van der Waals surface area contributed by atoms with E-state index in [1.807, 2.05) is 6.07 Å². The molecule has 1 heterocycles. The summed E-state index contributed by atoms with van der Waals surface area (Å²) in [6.45, 7) is 0. The number of anilines is 3. The van der Waals surface area contributed by atoms with Gasteiger partial charge in [0, 0.05) is 28.2 Å². The number of hydrogen-bond donors (Lipinski definition) is 0. The van der Waals surface area contributed by atoms with E-state index in [9.17, 15) is 0 Å². The minimum absolute atomic E-state index is 0.596. The molecule has 67 heavy (non-hydrogen) atoms. The van der Waals surface area contributed by atoms with E-state index < -0.39 is 5.41 Å². The number of hydrogen-bond acceptors (Lipinski definition) is 2. The third kappa shape index (κ3) is 5.57. The van der Waals surface area contributed by atoms with Gasteiger partial charge in [0.05, 0.1) is 5.41 Å². The van der Waals surface area contributed by atoms with Crippen molar-refractivity contribution in [2.45, 2.75) is 5.41 Å². The molecule has 14 rings (SSSR count). The molecule has 2 heteroatoms. The summed E-state index contributed by atoms with van der Waals surface area (Å²) in [4.78, 5) is 2.42. The molecule has 0 amide bonds. The quantitative estimate of drug-likeness (QED) is 0.175. The van der Waals surface area contributed by atoms with E-state index in [0.717, 1.165) is 50.8 Å². The van der Waals surface area contributed by atoms with Crippen LogP contribution >= 0.6 is 0 Å². The lowest BCUT2D eigenvalue weighted by atomic mass is 9.65. The predicted octanol–water partition coefficient (Wildman–Crippen LogP) is 17.4. The minimum atomic E-state index is -0.596. The van der Waals surface area contributed by atoms with E-state index in [1.165, 1.54) is 77.5 Å². The average Bonchev–Trinajstić information content (AvgIpc) is 3.52. The van der Waals surface area contributed by atoms with Gasteiger partial charge < -0.3 is 9.64 Å². The van der Waals surface area contributed by atoms with Gasteiger partial charge in [0.15, 0.2) is 0 Å². The van der Waals surface area contributed by atoms with Gasteiger partial charge in [-0.05, 0) is 149 Å². The van der Waals surface area contributed by atoms with Crippen LogP contribution in [0.15, 0.2) is 249 Å². The summed E-state index contributed by atoms with van der Waals surface area (Å²) >= 11 is 0. The summed E-state index contributed by atoms with van der Waals surface area (Å²) < 4.78 is 6.77. The molecule has 0 aromatic heterocycles. The maximum Gasteiger partial charge on any atom is 0.135 e. The van der Waals surface area contributed by atoms with Gasteiger partial charge in [0.2, 0.25) is 0 Å². The van der Waals surface area contributed by atoms with Gasteiger partial charge in [0.1, 0.15) is 11.5 Å². The molecule has 3 aliphatic rings. The monoisotopic (exact) mass is 851 g/mol. The van der Waals surface area contributed by atoms with Gasteiger partial charge in [-0.2, -0.15) is 0 Å². The molecule has 0 saturated heterocycles. The van der Waals surface area contributed by atoms with Gasteiger partial charge in [-0.1, -0.05) is 188 Å². The van der Waals surface area contributed by atoms with Crippen LogP contribution in [0.4, 0.5) is 17.1 Å². The van der Waals surface area contributed by atoms with Gasteiger partial charge >= 0.3 is 0 Å². The highest BCUT2D eigenvalue weighted by atomic mass is 16.5. The Morgan fingerprint density at radius 1 is 0.254 bits per heavy atom. The largest absolute Gasteiger partial charge is 0.456 e. The third-order valence-corrected chi connectivity index (χ3v) is 14.5. The third-order valence-electron chi connectivity index (χ3n) is 14.5. The van der Waals surface area contributed by atoms with E-state index in [2.05, 4.69) is 248 Å². The van der Waals surface area contributed by atoms with Crippen molar-refractivity contribution in [2.24, 2.45) is 0 Å². The van der Waals surface area contributed by atoms with E-state index >= 15 is 0 Å². The number of nitrogens with zero attached hydrogens (tertiary/aromatic N) is 1. The SMILES string of the molecule is c1ccc(-c2ccc(N(c3ccc4c(c3)-c3ccccc3-c3ccccc3O4)c3ccc4c(c3)-c3ccccc3-c3ccccc3C43c4ccccc4-c4cc5ccccc5cc43)cc2)cc1. The second kappa shape index (κ2) is 14.7. The zero-order valence-corrected chi connectivity index (χ0v) is 36.5. The Bertz CT molecular complexity index is 3790. The van der Waals surface area contributed by atoms with Gasteiger partial charge in [-0.25, -0.2) is 0 Å². The van der Waals surface area contributed by atoms with Crippen molar-refractivity contribution in [1.82, 2.24) is 0 Å². The Kier molecular flexibility index (Phi) is 8.23. The van der Waals surface area contributed by atoms with Crippen molar-refractivity contribution in [3.05, 3.63) is 271 Å². The van der Waals surface area contributed by atoms with Crippen LogP contribution in [-0.4, -0.2) is 0 Å². The lowest BCUT2D eigenvalue weighted by molar-refractivity contribution is 0.488. The molecule has 1 aliphatic heterocycles. The van der Waals surface area contributed by atoms with Crippen molar-refractivity contribution >= 4 is 27.8 Å². The van der Waals surface area contributed by atoms with Crippen LogP contribution in [0, 0.1) is 0 Å². The molecule has 312 valence electrons. The topological polar surface area (TPSA) is 12.5 Å². The summed E-state index contributed by atoms with van der Waals surface area (Å²) in [5, 5.41) is 2.49. The van der Waals surface area contributed by atoms with Crippen LogP contribution in [0.25, 0.3) is 77.5 Å². The lowest BCUT2D eigenvalue weighted by Crippen LogP contribution is -2.29. The molecular formula is C65H41NO. The summed E-state index contributed by atoms with van der Waals surface area (Å²) in [5.74, 6) is 1.69. The fraction of sp³-hybridized carbons (Fsp3) is 0.0154. The number of rotatable bonds is 4. The zero-order valence-electron chi connectivity index (χ0n) is 36.5. The van der Waals surface area contributed by atoms with Crippen LogP contribution in [0.1, 0.15) is 22.3 Å².